The third-order valence-corrected chi connectivity index (χ3v) is 4.23. The molecule has 5 unspecified atom stereocenters. The van der Waals surface area contributed by atoms with Gasteiger partial charge in [0, 0.05) is 17.7 Å². The molecule has 5 atom stereocenters. The zero-order valence-electron chi connectivity index (χ0n) is 12.7. The Morgan fingerprint density at radius 1 is 1.30 bits per heavy atom. The molecule has 0 saturated carbocycles. The van der Waals surface area contributed by atoms with Crippen molar-refractivity contribution >= 4 is 0 Å². The summed E-state index contributed by atoms with van der Waals surface area (Å²) >= 11 is 0. The second kappa shape index (κ2) is 6.55. The van der Waals surface area contributed by atoms with Gasteiger partial charge in [-0.25, -0.2) is 0 Å². The van der Waals surface area contributed by atoms with Crippen LogP contribution in [-0.4, -0.2) is 28.9 Å². The minimum Gasteiger partial charge on any atom is -0.492 e. The van der Waals surface area contributed by atoms with Crippen molar-refractivity contribution in [2.75, 3.05) is 6.61 Å². The summed E-state index contributed by atoms with van der Waals surface area (Å²) in [6.07, 6.45) is 4.02. The molecule has 4 nitrogen and oxygen atoms in total. The molecule has 2 heterocycles. The molecule has 1 aliphatic heterocycles. The Morgan fingerprint density at radius 3 is 2.65 bits per heavy atom. The molecule has 0 aromatic carbocycles. The van der Waals surface area contributed by atoms with E-state index in [1.165, 1.54) is 0 Å². The fourth-order valence-corrected chi connectivity index (χ4v) is 2.96. The van der Waals surface area contributed by atoms with Crippen LogP contribution < -0.4 is 4.74 Å². The van der Waals surface area contributed by atoms with Crippen LogP contribution >= 0.6 is 0 Å². The molecule has 0 amide bonds. The fourth-order valence-electron chi connectivity index (χ4n) is 2.96. The van der Waals surface area contributed by atoms with Crippen LogP contribution in [0.5, 0.6) is 5.75 Å². The van der Waals surface area contributed by atoms with Gasteiger partial charge >= 0.3 is 0 Å². The van der Waals surface area contributed by atoms with E-state index in [1.807, 2.05) is 13.0 Å². The molecule has 1 aromatic rings. The molecule has 1 N–H and O–H groups in total. The average Bonchev–Trinajstić information content (AvgIpc) is 2.69. The lowest BCUT2D eigenvalue weighted by Crippen LogP contribution is -2.25. The third-order valence-electron chi connectivity index (χ3n) is 4.23. The number of ether oxygens (including phenoxy) is 2. The summed E-state index contributed by atoms with van der Waals surface area (Å²) in [6, 6.07) is 1.88. The van der Waals surface area contributed by atoms with Gasteiger partial charge in [0.05, 0.1) is 31.1 Å². The molecule has 0 aliphatic carbocycles. The van der Waals surface area contributed by atoms with Gasteiger partial charge in [0.1, 0.15) is 5.75 Å². The number of pyridine rings is 1. The molecule has 1 saturated heterocycles. The molecule has 0 radical (unpaired) electrons. The maximum Gasteiger partial charge on any atom is 0.137 e. The van der Waals surface area contributed by atoms with Gasteiger partial charge in [-0.1, -0.05) is 13.8 Å². The molecule has 0 bridgehead atoms. The van der Waals surface area contributed by atoms with Gasteiger partial charge in [-0.3, -0.25) is 4.98 Å². The zero-order chi connectivity index (χ0) is 14.7. The Labute approximate surface area is 121 Å². The highest BCUT2D eigenvalue weighted by Gasteiger charge is 2.41. The van der Waals surface area contributed by atoms with Crippen molar-refractivity contribution in [3.63, 3.8) is 0 Å². The van der Waals surface area contributed by atoms with E-state index in [9.17, 15) is 5.11 Å². The van der Waals surface area contributed by atoms with Gasteiger partial charge in [0.25, 0.3) is 0 Å². The lowest BCUT2D eigenvalue weighted by atomic mass is 9.82. The Hall–Kier alpha value is -1.13. The SMILES string of the molecule is CCCOc1cncc(C(O)C2C(C)OC(C)C2C)c1. The third kappa shape index (κ3) is 3.13. The van der Waals surface area contributed by atoms with E-state index in [0.29, 0.717) is 12.5 Å². The molecule has 2 rings (SSSR count). The largest absolute Gasteiger partial charge is 0.492 e. The maximum absolute atomic E-state index is 10.7. The van der Waals surface area contributed by atoms with Crippen molar-refractivity contribution in [1.82, 2.24) is 4.98 Å². The summed E-state index contributed by atoms with van der Waals surface area (Å²) in [7, 11) is 0. The highest BCUT2D eigenvalue weighted by Crippen LogP contribution is 2.40. The van der Waals surface area contributed by atoms with Crippen molar-refractivity contribution in [1.29, 1.82) is 0 Å². The van der Waals surface area contributed by atoms with Crippen molar-refractivity contribution in [2.45, 2.75) is 52.4 Å². The quantitative estimate of drug-likeness (QED) is 0.900. The monoisotopic (exact) mass is 279 g/mol. The molecular formula is C16H25NO3. The number of hydrogen-bond donors (Lipinski definition) is 1. The average molecular weight is 279 g/mol. The first kappa shape index (κ1) is 15.3. The summed E-state index contributed by atoms with van der Waals surface area (Å²) in [5, 5.41) is 10.7. The highest BCUT2D eigenvalue weighted by molar-refractivity contribution is 5.26. The minimum atomic E-state index is -0.567. The normalized spacial score (nSPS) is 31.2. The summed E-state index contributed by atoms with van der Waals surface area (Å²) in [6.45, 7) is 8.95. The van der Waals surface area contributed by atoms with E-state index in [-0.39, 0.29) is 18.1 Å². The van der Waals surface area contributed by atoms with Gasteiger partial charge in [0.15, 0.2) is 0 Å². The Balaban J connectivity index is 2.14. The fraction of sp³-hybridized carbons (Fsp3) is 0.688. The summed E-state index contributed by atoms with van der Waals surface area (Å²) in [4.78, 5) is 4.17. The highest BCUT2D eigenvalue weighted by atomic mass is 16.5. The number of aromatic nitrogens is 1. The first-order valence-corrected chi connectivity index (χ1v) is 7.45. The summed E-state index contributed by atoms with van der Waals surface area (Å²) < 4.78 is 11.4. The van der Waals surface area contributed by atoms with Crippen molar-refractivity contribution in [2.24, 2.45) is 11.8 Å². The van der Waals surface area contributed by atoms with Crippen molar-refractivity contribution < 1.29 is 14.6 Å². The Kier molecular flexibility index (Phi) is 5.00. The van der Waals surface area contributed by atoms with Gasteiger partial charge in [0.2, 0.25) is 0 Å². The summed E-state index contributed by atoms with van der Waals surface area (Å²) in [5.41, 5.74) is 0.806. The molecule has 112 valence electrons. The van der Waals surface area contributed by atoms with Crippen molar-refractivity contribution in [3.8, 4) is 5.75 Å². The van der Waals surface area contributed by atoms with Crippen LogP contribution in [0.4, 0.5) is 0 Å². The van der Waals surface area contributed by atoms with Crippen LogP contribution in [0.15, 0.2) is 18.5 Å². The topological polar surface area (TPSA) is 51.6 Å². The van der Waals surface area contributed by atoms with Gasteiger partial charge in [-0.15, -0.1) is 0 Å². The predicted octanol–water partition coefficient (Wildman–Crippen LogP) is 2.96. The number of nitrogens with zero attached hydrogens (tertiary/aromatic N) is 1. The Morgan fingerprint density at radius 2 is 2.05 bits per heavy atom. The van der Waals surface area contributed by atoms with Gasteiger partial charge in [-0.05, 0) is 32.3 Å². The predicted molar refractivity (Wildman–Crippen MR) is 77.6 cm³/mol. The van der Waals surface area contributed by atoms with E-state index in [0.717, 1.165) is 17.7 Å². The summed E-state index contributed by atoms with van der Waals surface area (Å²) in [5.74, 6) is 1.13. The second-order valence-corrected chi connectivity index (χ2v) is 5.73. The maximum atomic E-state index is 10.7. The number of hydrogen-bond acceptors (Lipinski definition) is 4. The van der Waals surface area contributed by atoms with Crippen LogP contribution in [0.1, 0.15) is 45.8 Å². The molecule has 0 spiro atoms. The van der Waals surface area contributed by atoms with Gasteiger partial charge in [-0.2, -0.15) is 0 Å². The number of aliphatic hydroxyl groups is 1. The smallest absolute Gasteiger partial charge is 0.137 e. The lowest BCUT2D eigenvalue weighted by molar-refractivity contribution is 0.0229. The molecule has 1 fully saturated rings. The minimum absolute atomic E-state index is 0.0511. The van der Waals surface area contributed by atoms with E-state index >= 15 is 0 Å². The number of rotatable bonds is 5. The van der Waals surface area contributed by atoms with E-state index < -0.39 is 6.10 Å². The lowest BCUT2D eigenvalue weighted by Gasteiger charge is -2.25. The molecule has 1 aliphatic rings. The van der Waals surface area contributed by atoms with Crippen LogP contribution in [-0.2, 0) is 4.74 Å². The number of aliphatic hydroxyl groups excluding tert-OH is 1. The Bertz CT molecular complexity index is 437. The van der Waals surface area contributed by atoms with Crippen LogP contribution in [0.3, 0.4) is 0 Å². The van der Waals surface area contributed by atoms with E-state index in [1.54, 1.807) is 12.4 Å². The van der Waals surface area contributed by atoms with Crippen LogP contribution in [0, 0.1) is 11.8 Å². The van der Waals surface area contributed by atoms with Crippen LogP contribution in [0.2, 0.25) is 0 Å². The van der Waals surface area contributed by atoms with Crippen molar-refractivity contribution in [3.05, 3.63) is 24.0 Å². The molecule has 1 aromatic heterocycles. The first-order chi connectivity index (χ1) is 9.54. The van der Waals surface area contributed by atoms with Crippen LogP contribution in [0.25, 0.3) is 0 Å². The standard InChI is InChI=1S/C16H25NO3/c1-5-6-19-14-7-13(8-17-9-14)16(18)15-10(2)11(3)20-12(15)4/h7-12,15-16,18H,5-6H2,1-4H3. The zero-order valence-corrected chi connectivity index (χ0v) is 12.7. The molecular weight excluding hydrogens is 254 g/mol. The second-order valence-electron chi connectivity index (χ2n) is 5.73. The molecule has 4 heteroatoms. The van der Waals surface area contributed by atoms with E-state index in [4.69, 9.17) is 9.47 Å². The van der Waals surface area contributed by atoms with Gasteiger partial charge < -0.3 is 14.6 Å². The first-order valence-electron chi connectivity index (χ1n) is 7.45. The van der Waals surface area contributed by atoms with E-state index in [2.05, 4.69) is 25.8 Å². The molecule has 20 heavy (non-hydrogen) atoms.